The van der Waals surface area contributed by atoms with Crippen molar-refractivity contribution in [2.75, 3.05) is 19.6 Å². The Morgan fingerprint density at radius 3 is 2.26 bits per heavy atom. The van der Waals surface area contributed by atoms with E-state index in [0.29, 0.717) is 25.7 Å². The van der Waals surface area contributed by atoms with Gasteiger partial charge in [-0.25, -0.2) is 0 Å². The fraction of sp³-hybridized carbons (Fsp3) is 0.909. The number of aliphatic carboxylic acids is 1. The average molecular weight is 292 g/mol. The second-order valence-corrected chi connectivity index (χ2v) is 6.98. The Labute approximate surface area is 113 Å². The van der Waals surface area contributed by atoms with Gasteiger partial charge in [0.1, 0.15) is 6.04 Å². The molecule has 0 bridgehead atoms. The van der Waals surface area contributed by atoms with E-state index >= 15 is 0 Å². The molecule has 2 rings (SSSR count). The zero-order chi connectivity index (χ0) is 14.0. The highest BCUT2D eigenvalue weighted by molar-refractivity contribution is 7.86. The lowest BCUT2D eigenvalue weighted by Gasteiger charge is -2.37. The number of nitrogens with zero attached hydrogens (tertiary/aromatic N) is 2. The molecular weight excluding hydrogens is 272 g/mol. The summed E-state index contributed by atoms with van der Waals surface area (Å²) in [5.74, 6) is -1.08. The number of carboxylic acids is 1. The highest BCUT2D eigenvalue weighted by atomic mass is 32.2. The van der Waals surface area contributed by atoms with Crippen LogP contribution in [0.3, 0.4) is 0 Å². The van der Waals surface area contributed by atoms with Crippen LogP contribution in [0.2, 0.25) is 0 Å². The Bertz CT molecular complexity index is 430. The molecule has 2 aliphatic heterocycles. The summed E-state index contributed by atoms with van der Waals surface area (Å²) >= 11 is 0. The molecule has 2 saturated heterocycles. The van der Waals surface area contributed by atoms with Crippen molar-refractivity contribution in [3.8, 4) is 0 Å². The zero-order valence-corrected chi connectivity index (χ0v) is 11.5. The van der Waals surface area contributed by atoms with Gasteiger partial charge in [0, 0.05) is 19.6 Å². The summed E-state index contributed by atoms with van der Waals surface area (Å²) in [4.78, 5) is 11.2. The molecule has 110 valence electrons. The van der Waals surface area contributed by atoms with Gasteiger partial charge in [-0.2, -0.15) is 17.0 Å². The minimum atomic E-state index is -3.73. The van der Waals surface area contributed by atoms with Crippen LogP contribution in [-0.2, 0) is 15.0 Å². The van der Waals surface area contributed by atoms with Crippen molar-refractivity contribution in [3.63, 3.8) is 0 Å². The summed E-state index contributed by atoms with van der Waals surface area (Å²) in [6.07, 6.45) is 2.16. The van der Waals surface area contributed by atoms with Crippen LogP contribution in [0.5, 0.6) is 0 Å². The van der Waals surface area contributed by atoms with Crippen molar-refractivity contribution < 1.29 is 23.4 Å². The topological polar surface area (TPSA) is 98.2 Å². The molecule has 0 aromatic heterocycles. The van der Waals surface area contributed by atoms with E-state index < -0.39 is 28.3 Å². The Morgan fingerprint density at radius 1 is 1.05 bits per heavy atom. The molecular formula is C11H20N2O5S. The quantitative estimate of drug-likeness (QED) is 0.739. The maximum atomic E-state index is 12.5. The van der Waals surface area contributed by atoms with Gasteiger partial charge in [-0.3, -0.25) is 4.79 Å². The molecule has 0 spiro atoms. The number of hydrogen-bond acceptors (Lipinski definition) is 4. The first kappa shape index (κ1) is 14.7. The maximum Gasteiger partial charge on any atom is 0.322 e. The van der Waals surface area contributed by atoms with Crippen LogP contribution in [0.4, 0.5) is 0 Å². The molecule has 0 saturated carbocycles. The Hall–Kier alpha value is -0.700. The van der Waals surface area contributed by atoms with Crippen molar-refractivity contribution >= 4 is 16.2 Å². The van der Waals surface area contributed by atoms with Gasteiger partial charge in [0.2, 0.25) is 0 Å². The first-order valence-electron chi connectivity index (χ1n) is 6.60. The molecule has 0 amide bonds. The summed E-state index contributed by atoms with van der Waals surface area (Å²) in [6.45, 7) is 0.775. The smallest absolute Gasteiger partial charge is 0.322 e. The Kier molecular flexibility index (Phi) is 4.44. The molecule has 2 fully saturated rings. The highest BCUT2D eigenvalue weighted by Gasteiger charge is 2.40. The van der Waals surface area contributed by atoms with Crippen LogP contribution in [0.1, 0.15) is 32.1 Å². The number of hydrogen-bond donors (Lipinski definition) is 2. The van der Waals surface area contributed by atoms with E-state index in [2.05, 4.69) is 0 Å². The van der Waals surface area contributed by atoms with E-state index in [1.165, 1.54) is 4.31 Å². The fourth-order valence-corrected chi connectivity index (χ4v) is 4.50. The monoisotopic (exact) mass is 292 g/mol. The first-order chi connectivity index (χ1) is 8.93. The second-order valence-electron chi connectivity index (χ2n) is 5.10. The van der Waals surface area contributed by atoms with Crippen molar-refractivity contribution in [2.24, 2.45) is 0 Å². The van der Waals surface area contributed by atoms with Gasteiger partial charge in [0.15, 0.2) is 0 Å². The van der Waals surface area contributed by atoms with E-state index in [4.69, 9.17) is 5.11 Å². The second kappa shape index (κ2) is 5.74. The summed E-state index contributed by atoms with van der Waals surface area (Å²) in [7, 11) is -3.73. The number of carbonyl (C=O) groups is 1. The molecule has 0 radical (unpaired) electrons. The van der Waals surface area contributed by atoms with Crippen LogP contribution in [0.25, 0.3) is 0 Å². The van der Waals surface area contributed by atoms with Gasteiger partial charge >= 0.3 is 5.97 Å². The number of piperidine rings is 2. The standard InChI is InChI=1S/C11H20N2O5S/c14-9-4-7-12(8-5-9)19(17,18)13-6-2-1-3-10(13)11(15)16/h9-10,14H,1-8H2,(H,15,16). The van der Waals surface area contributed by atoms with Gasteiger partial charge in [0.05, 0.1) is 6.10 Å². The van der Waals surface area contributed by atoms with Crippen molar-refractivity contribution in [1.29, 1.82) is 0 Å². The normalized spacial score (nSPS) is 28.4. The van der Waals surface area contributed by atoms with Crippen molar-refractivity contribution in [2.45, 2.75) is 44.2 Å². The van der Waals surface area contributed by atoms with Crippen LogP contribution in [-0.4, -0.2) is 65.0 Å². The number of aliphatic hydroxyl groups excluding tert-OH is 1. The fourth-order valence-electron chi connectivity index (χ4n) is 2.65. The molecule has 1 unspecified atom stereocenters. The third-order valence-corrected chi connectivity index (χ3v) is 5.83. The molecule has 19 heavy (non-hydrogen) atoms. The summed E-state index contributed by atoms with van der Waals surface area (Å²) in [6, 6.07) is -0.953. The number of aliphatic hydroxyl groups is 1. The third-order valence-electron chi connectivity index (χ3n) is 3.78. The van der Waals surface area contributed by atoms with E-state index in [1.54, 1.807) is 0 Å². The van der Waals surface area contributed by atoms with Crippen LogP contribution in [0, 0.1) is 0 Å². The average Bonchev–Trinajstić information content (AvgIpc) is 2.39. The maximum absolute atomic E-state index is 12.5. The van der Waals surface area contributed by atoms with Crippen LogP contribution < -0.4 is 0 Å². The molecule has 0 aliphatic carbocycles. The number of rotatable bonds is 3. The number of carboxylic acid groups (broad SMARTS) is 1. The SMILES string of the molecule is O=C(O)C1CCCCN1S(=O)(=O)N1CCC(O)CC1. The highest BCUT2D eigenvalue weighted by Crippen LogP contribution is 2.25. The van der Waals surface area contributed by atoms with E-state index in [-0.39, 0.29) is 19.6 Å². The molecule has 2 aliphatic rings. The summed E-state index contributed by atoms with van der Waals surface area (Å²) in [5.41, 5.74) is 0. The Balaban J connectivity index is 2.15. The molecule has 1 atom stereocenters. The molecule has 0 aromatic carbocycles. The first-order valence-corrected chi connectivity index (χ1v) is 8.00. The van der Waals surface area contributed by atoms with E-state index in [9.17, 15) is 18.3 Å². The van der Waals surface area contributed by atoms with Gasteiger partial charge in [0.25, 0.3) is 10.2 Å². The molecule has 2 heterocycles. The molecule has 7 nitrogen and oxygen atoms in total. The predicted octanol–water partition coefficient (Wildman–Crippen LogP) is -0.373. The zero-order valence-electron chi connectivity index (χ0n) is 10.7. The molecule has 0 aromatic rings. The van der Waals surface area contributed by atoms with Crippen LogP contribution >= 0.6 is 0 Å². The lowest BCUT2D eigenvalue weighted by molar-refractivity contribution is -0.142. The molecule has 2 N–H and O–H groups in total. The van der Waals surface area contributed by atoms with Crippen molar-refractivity contribution in [3.05, 3.63) is 0 Å². The molecule has 8 heteroatoms. The summed E-state index contributed by atoms with van der Waals surface area (Å²) in [5, 5.41) is 18.6. The van der Waals surface area contributed by atoms with Gasteiger partial charge in [-0.15, -0.1) is 0 Å². The van der Waals surface area contributed by atoms with Gasteiger partial charge in [-0.1, -0.05) is 0 Å². The predicted molar refractivity (Wildman–Crippen MR) is 67.7 cm³/mol. The van der Waals surface area contributed by atoms with E-state index in [1.807, 2.05) is 0 Å². The lowest BCUT2D eigenvalue weighted by atomic mass is 10.1. The Morgan fingerprint density at radius 2 is 1.68 bits per heavy atom. The van der Waals surface area contributed by atoms with Crippen molar-refractivity contribution in [1.82, 2.24) is 8.61 Å². The lowest BCUT2D eigenvalue weighted by Crippen LogP contribution is -2.55. The summed E-state index contributed by atoms with van der Waals surface area (Å²) < 4.78 is 27.3. The van der Waals surface area contributed by atoms with Gasteiger partial charge in [-0.05, 0) is 32.1 Å². The van der Waals surface area contributed by atoms with Crippen LogP contribution in [0.15, 0.2) is 0 Å². The minimum Gasteiger partial charge on any atom is -0.480 e. The van der Waals surface area contributed by atoms with E-state index in [0.717, 1.165) is 10.7 Å². The van der Waals surface area contributed by atoms with Gasteiger partial charge < -0.3 is 10.2 Å². The third kappa shape index (κ3) is 3.07. The minimum absolute atomic E-state index is 0.256. The largest absolute Gasteiger partial charge is 0.480 e.